The number of methoxy groups -OCH3 is 1. The molecular weight excluding hydrogens is 996 g/mol. The van der Waals surface area contributed by atoms with Crippen LogP contribution in [-0.4, -0.2) is 54.2 Å². The molecular formula is C28H19Cl2F8IK2N4O11. The third-order valence-corrected chi connectivity index (χ3v) is 6.70. The maximum absolute atomic E-state index is 14.1. The average molecular weight is 1020 g/mol. The summed E-state index contributed by atoms with van der Waals surface area (Å²) in [5.74, 6) is -5.00. The fourth-order valence-electron chi connectivity index (χ4n) is 3.84. The molecule has 0 amide bonds. The van der Waals surface area contributed by atoms with E-state index < -0.39 is 91.8 Å². The van der Waals surface area contributed by atoms with E-state index in [0.717, 1.165) is 20.2 Å². The number of aromatic carboxylic acids is 1. The minimum atomic E-state index is -4.98. The number of esters is 1. The molecule has 0 unspecified atom stereocenters. The second-order valence-electron chi connectivity index (χ2n) is 9.26. The summed E-state index contributed by atoms with van der Waals surface area (Å²) < 4.78 is 109. The van der Waals surface area contributed by atoms with Crippen LogP contribution in [0.4, 0.5) is 35.1 Å². The number of alkyl halides is 7. The zero-order chi connectivity index (χ0) is 42.0. The van der Waals surface area contributed by atoms with Crippen molar-refractivity contribution in [1.29, 1.82) is 0 Å². The number of carboxylic acid groups (broad SMARTS) is 1. The molecule has 2 aromatic heterocycles. The molecule has 0 fully saturated rings. The number of nitrogens with zero attached hydrogens (tertiary/aromatic N) is 3. The molecule has 4 aromatic rings. The van der Waals surface area contributed by atoms with Crippen LogP contribution in [0.3, 0.4) is 0 Å². The summed E-state index contributed by atoms with van der Waals surface area (Å²) in [4.78, 5) is 84.7. The Morgan fingerprint density at radius 2 is 1.27 bits per heavy atom. The Kier molecular flexibility index (Phi) is 24.4. The van der Waals surface area contributed by atoms with Crippen LogP contribution in [-0.2, 0) is 33.8 Å². The van der Waals surface area contributed by atoms with E-state index in [-0.39, 0.29) is 147 Å². The van der Waals surface area contributed by atoms with Crippen molar-refractivity contribution in [3.05, 3.63) is 122 Å². The van der Waals surface area contributed by atoms with Crippen molar-refractivity contribution in [2.45, 2.75) is 12.4 Å². The van der Waals surface area contributed by atoms with Crippen molar-refractivity contribution in [2.24, 2.45) is 7.05 Å². The number of halogens is 11. The second kappa shape index (κ2) is 24.3. The number of benzene rings is 2. The molecule has 2 heterocycles. The predicted octanol–water partition coefficient (Wildman–Crippen LogP) is -2.22. The minimum absolute atomic E-state index is 0. The quantitative estimate of drug-likeness (QED) is 0.0320. The summed E-state index contributed by atoms with van der Waals surface area (Å²) in [6.45, 7) is -0.181. The van der Waals surface area contributed by atoms with E-state index in [1.807, 2.05) is 4.93 Å². The van der Waals surface area contributed by atoms with Crippen LogP contribution < -0.4 is 131 Å². The first-order valence-corrected chi connectivity index (χ1v) is 16.1. The molecule has 2 N–H and O–H groups in total. The van der Waals surface area contributed by atoms with Gasteiger partial charge in [-0.1, -0.05) is 45.8 Å². The number of aromatic amines is 1. The smallest absolute Gasteiger partial charge is 1.00 e. The maximum atomic E-state index is 14.1. The van der Waals surface area contributed by atoms with Gasteiger partial charge in [0.1, 0.15) is 23.0 Å². The maximum Gasteiger partial charge on any atom is 1.00 e. The first kappa shape index (κ1) is 56.3. The fraction of sp³-hybridized carbons (Fsp3) is 0.179. The van der Waals surface area contributed by atoms with E-state index in [0.29, 0.717) is 18.2 Å². The largest absolute Gasteiger partial charge is 1.00 e. The number of H-pyrrole nitrogens is 1. The third kappa shape index (κ3) is 14.5. The fourth-order valence-corrected chi connectivity index (χ4v) is 4.30. The number of aromatic nitrogens is 4. The Labute approximate surface area is 415 Å². The molecule has 0 aliphatic heterocycles. The van der Waals surface area contributed by atoms with Gasteiger partial charge in [-0.25, -0.2) is 37.1 Å². The number of hydrogen-bond acceptors (Lipinski definition) is 10. The number of rotatable bonds is 5. The molecule has 0 radical (unpaired) electrons. The molecule has 0 atom stereocenters. The van der Waals surface area contributed by atoms with E-state index in [1.165, 1.54) is 4.98 Å². The Morgan fingerprint density at radius 3 is 1.66 bits per heavy atom. The first-order valence-electron chi connectivity index (χ1n) is 13.2. The molecule has 0 aliphatic carbocycles. The van der Waals surface area contributed by atoms with Gasteiger partial charge in [0.2, 0.25) is 0 Å². The number of carboxylic acids is 1. The Bertz CT molecular complexity index is 2280. The third-order valence-electron chi connectivity index (χ3n) is 6.08. The normalized spacial score (nSPS) is 10.3. The molecule has 0 saturated heterocycles. The van der Waals surface area contributed by atoms with Gasteiger partial charge in [0, 0.05) is 19.2 Å². The van der Waals surface area contributed by atoms with Crippen molar-refractivity contribution >= 4 is 64.2 Å². The number of ether oxygens (including phenoxy) is 1. The Balaban J connectivity index is -0.000000860. The zero-order valence-electron chi connectivity index (χ0n) is 29.6. The van der Waals surface area contributed by atoms with Gasteiger partial charge in [-0.3, -0.25) is 19.0 Å². The number of carbonyl (C=O) groups excluding carboxylic acids is 2. The molecule has 296 valence electrons. The molecule has 0 aliphatic rings. The van der Waals surface area contributed by atoms with Crippen molar-refractivity contribution in [1.82, 2.24) is 18.7 Å². The molecule has 0 bridgehead atoms. The van der Waals surface area contributed by atoms with Crippen LogP contribution in [0.1, 0.15) is 33.5 Å². The van der Waals surface area contributed by atoms with Gasteiger partial charge in [-0.05, 0) is 29.2 Å². The summed E-state index contributed by atoms with van der Waals surface area (Å²) in [6.07, 6.45) is -9.94. The van der Waals surface area contributed by atoms with Gasteiger partial charge in [0.15, 0.2) is 0 Å². The Hall–Kier alpha value is -1.81. The van der Waals surface area contributed by atoms with Crippen molar-refractivity contribution in [3.8, 4) is 11.4 Å². The van der Waals surface area contributed by atoms with Gasteiger partial charge in [-0.2, -0.15) is 26.3 Å². The number of nitrogens with one attached hydrogen (secondary N) is 1. The van der Waals surface area contributed by atoms with Crippen LogP contribution >= 0.6 is 45.8 Å². The standard InChI is InChI=1S/C14H9ClF4N2O4.C12H5ClF4N2O4.CH3I.CH2O3.2K.H/c1-20-10(14(17,18)19)5-11(22)21(13(20)24)9-3-6(12(23)25-2)7(15)4-8(9)16;13-5-2-6(14)7(1-4(5)10(21)22)19-9(20)3-8(12(15,16)17)18-11(19)23;1-2;2-1-4-3;;;/h3-5H,1-2H3;1-3H,(H,18,23)(H,21,22);1H3;1,3H;;;/q;;;;2*+1;-1/p-1. The van der Waals surface area contributed by atoms with Gasteiger partial charge >= 0.3 is 138 Å². The summed E-state index contributed by atoms with van der Waals surface area (Å²) in [7, 11) is 1.79. The van der Waals surface area contributed by atoms with Crippen molar-refractivity contribution < 1.29 is 174 Å². The van der Waals surface area contributed by atoms with E-state index in [9.17, 15) is 63.9 Å². The van der Waals surface area contributed by atoms with Gasteiger partial charge in [-0.15, -0.1) is 0 Å². The summed E-state index contributed by atoms with van der Waals surface area (Å²) in [6, 6.07) is 2.70. The summed E-state index contributed by atoms with van der Waals surface area (Å²) in [5, 5.41) is 16.5. The van der Waals surface area contributed by atoms with E-state index in [4.69, 9.17) is 38.4 Å². The molecule has 28 heteroatoms. The molecule has 2 aromatic carbocycles. The van der Waals surface area contributed by atoms with Crippen LogP contribution in [0, 0.1) is 11.6 Å². The second-order valence-corrected chi connectivity index (χ2v) is 10.1. The number of carbonyl (C=O) groups is 3. The first-order chi connectivity index (χ1) is 24.9. The van der Waals surface area contributed by atoms with Crippen LogP contribution in [0.5, 0.6) is 0 Å². The minimum Gasteiger partial charge on any atom is -1.00 e. The van der Waals surface area contributed by atoms with Gasteiger partial charge in [0.05, 0.1) is 39.7 Å². The van der Waals surface area contributed by atoms with Gasteiger partial charge < -0.3 is 26.4 Å². The Morgan fingerprint density at radius 1 is 0.839 bits per heavy atom. The summed E-state index contributed by atoms with van der Waals surface area (Å²) in [5.41, 5.74) is -11.6. The van der Waals surface area contributed by atoms with E-state index in [1.54, 1.807) is 0 Å². The molecule has 0 spiro atoms. The molecule has 0 saturated carbocycles. The number of hydrogen-bond donors (Lipinski definition) is 2. The van der Waals surface area contributed by atoms with Crippen LogP contribution in [0.15, 0.2) is 55.6 Å². The van der Waals surface area contributed by atoms with E-state index >= 15 is 0 Å². The van der Waals surface area contributed by atoms with Crippen molar-refractivity contribution in [2.75, 3.05) is 12.0 Å². The molecule has 4 rings (SSSR count). The van der Waals surface area contributed by atoms with Crippen LogP contribution in [0.2, 0.25) is 10.0 Å². The zero-order valence-corrected chi connectivity index (χ0v) is 38.5. The van der Waals surface area contributed by atoms with Crippen molar-refractivity contribution in [3.63, 3.8) is 0 Å². The monoisotopic (exact) mass is 1010 g/mol. The summed E-state index contributed by atoms with van der Waals surface area (Å²) >= 11 is 13.4. The average Bonchev–Trinajstić information content (AvgIpc) is 3.07. The topological polar surface area (TPSA) is 212 Å². The molecule has 15 nitrogen and oxygen atoms in total. The molecule has 56 heavy (non-hydrogen) atoms. The van der Waals surface area contributed by atoms with Gasteiger partial charge in [0.25, 0.3) is 17.6 Å². The predicted molar refractivity (Wildman–Crippen MR) is 176 cm³/mol. The SMILES string of the molecule is CI.COC(=O)c1cc(-n2c(=O)cc(C(F)(F)F)n(C)c2=O)c(F)cc1Cl.O=C(O)c1cc(-n2c(=O)cc(C(F)(F)F)[nH]c2=O)c(F)cc1Cl.O=CO[O-].[H-].[K+].[K+]. The van der Waals surface area contributed by atoms with Crippen LogP contribution in [0.25, 0.3) is 11.4 Å². The van der Waals surface area contributed by atoms with E-state index in [2.05, 4.69) is 32.2 Å².